The summed E-state index contributed by atoms with van der Waals surface area (Å²) in [6.45, 7) is 4.69. The minimum Gasteiger partial charge on any atom is -0.458 e. The molecule has 1 fully saturated rings. The molecule has 1 N–H and O–H groups in total. The number of carbonyl (C=O) groups is 1. The summed E-state index contributed by atoms with van der Waals surface area (Å²) in [7, 11) is -1.82. The molecule has 0 aliphatic carbocycles. The second-order valence-electron chi connectivity index (χ2n) is 7.06. The summed E-state index contributed by atoms with van der Waals surface area (Å²) in [5, 5.41) is 12.5. The molecule has 0 bridgehead atoms. The molecule has 2 aromatic carbocycles. The fourth-order valence-corrected chi connectivity index (χ4v) is 6.10. The van der Waals surface area contributed by atoms with Crippen LogP contribution in [0.1, 0.15) is 18.4 Å². The van der Waals surface area contributed by atoms with Crippen molar-refractivity contribution in [1.82, 2.24) is 0 Å². The number of esters is 1. The molecule has 1 saturated heterocycles. The van der Waals surface area contributed by atoms with E-state index < -0.39 is 14.2 Å². The van der Waals surface area contributed by atoms with Gasteiger partial charge in [-0.3, -0.25) is 4.79 Å². The van der Waals surface area contributed by atoms with Crippen LogP contribution >= 0.6 is 0 Å². The van der Waals surface area contributed by atoms with Crippen LogP contribution in [0.3, 0.4) is 0 Å². The molecule has 0 spiro atoms. The van der Waals surface area contributed by atoms with Crippen molar-refractivity contribution < 1.29 is 14.6 Å². The second kappa shape index (κ2) is 7.38. The van der Waals surface area contributed by atoms with E-state index in [1.165, 1.54) is 10.4 Å². The zero-order chi connectivity index (χ0) is 17.9. The third-order valence-corrected chi connectivity index (χ3v) is 8.39. The summed E-state index contributed by atoms with van der Waals surface area (Å²) >= 11 is 0. The molecule has 1 aliphatic rings. The number of rotatable bonds is 4. The number of hydrogen-bond acceptors (Lipinski definition) is 3. The summed E-state index contributed by atoms with van der Waals surface area (Å²) in [6.07, 6.45) is 3.52. The molecule has 1 aliphatic heterocycles. The number of aliphatic hydroxyl groups is 1. The highest BCUT2D eigenvalue weighted by molar-refractivity contribution is 7.00. The van der Waals surface area contributed by atoms with Gasteiger partial charge in [-0.15, -0.1) is 0 Å². The molecule has 130 valence electrons. The normalized spacial score (nSPS) is 21.3. The Morgan fingerprint density at radius 1 is 1.08 bits per heavy atom. The Labute approximate surface area is 150 Å². The Kier molecular flexibility index (Phi) is 5.21. The maximum Gasteiger partial charge on any atom is 0.309 e. The molecule has 0 radical (unpaired) electrons. The Balaban J connectivity index is 1.89. The van der Waals surface area contributed by atoms with Gasteiger partial charge in [0.25, 0.3) is 0 Å². The van der Waals surface area contributed by atoms with Crippen molar-refractivity contribution in [1.29, 1.82) is 0 Å². The van der Waals surface area contributed by atoms with E-state index >= 15 is 0 Å². The minimum absolute atomic E-state index is 0.0921. The lowest BCUT2D eigenvalue weighted by molar-refractivity contribution is -0.156. The number of cyclic esters (lactones) is 1. The molecule has 1 heterocycles. The van der Waals surface area contributed by atoms with E-state index in [9.17, 15) is 9.90 Å². The van der Waals surface area contributed by atoms with Crippen molar-refractivity contribution >= 4 is 30.5 Å². The molecular weight excluding hydrogens is 328 g/mol. The van der Waals surface area contributed by atoms with Crippen molar-refractivity contribution in [3.05, 3.63) is 66.2 Å². The lowest BCUT2D eigenvalue weighted by Gasteiger charge is -2.26. The minimum atomic E-state index is -1.82. The first-order chi connectivity index (χ1) is 12.0. The van der Waals surface area contributed by atoms with Crippen LogP contribution in [0.15, 0.2) is 60.7 Å². The van der Waals surface area contributed by atoms with E-state index in [-0.39, 0.29) is 18.5 Å². The van der Waals surface area contributed by atoms with Gasteiger partial charge < -0.3 is 9.84 Å². The van der Waals surface area contributed by atoms with E-state index in [1.54, 1.807) is 0 Å². The predicted molar refractivity (Wildman–Crippen MR) is 104 cm³/mol. The second-order valence-corrected chi connectivity index (χ2v) is 11.4. The van der Waals surface area contributed by atoms with Crippen molar-refractivity contribution in [2.24, 2.45) is 0 Å². The molecule has 0 aromatic heterocycles. The van der Waals surface area contributed by atoms with E-state index in [1.807, 2.05) is 24.3 Å². The van der Waals surface area contributed by atoms with Crippen LogP contribution in [-0.4, -0.2) is 31.4 Å². The standard InChI is InChI=1S/C21H24O3Si/c1-25(2,19-9-4-3-5-10-19)20-11-7-6-8-16(20)12-13-18-14-17(22)15-21(23)24-18/h3-13,17-18,22H,14-15H2,1-2H3. The fraction of sp³-hybridized carbons (Fsp3) is 0.286. The Morgan fingerprint density at radius 2 is 1.76 bits per heavy atom. The number of ether oxygens (including phenoxy) is 1. The SMILES string of the molecule is C[Si](C)(c1ccccc1)c1ccccc1C=CC1CC(O)CC(=O)O1. The number of carbonyl (C=O) groups excluding carboxylic acids is 1. The highest BCUT2D eigenvalue weighted by Gasteiger charge is 2.28. The maximum absolute atomic E-state index is 11.5. The lowest BCUT2D eigenvalue weighted by atomic mass is 10.0. The zero-order valence-electron chi connectivity index (χ0n) is 14.7. The molecule has 0 amide bonds. The number of hydrogen-bond donors (Lipinski definition) is 1. The van der Waals surface area contributed by atoms with Crippen molar-refractivity contribution in [3.63, 3.8) is 0 Å². The summed E-state index contributed by atoms with van der Waals surface area (Å²) in [6, 6.07) is 19.0. The van der Waals surface area contributed by atoms with Crippen LogP contribution < -0.4 is 10.4 Å². The highest BCUT2D eigenvalue weighted by Crippen LogP contribution is 2.17. The molecule has 2 aromatic rings. The van der Waals surface area contributed by atoms with Crippen molar-refractivity contribution in [3.8, 4) is 0 Å². The highest BCUT2D eigenvalue weighted by atomic mass is 28.3. The van der Waals surface area contributed by atoms with Gasteiger partial charge in [-0.2, -0.15) is 0 Å². The molecule has 0 saturated carbocycles. The Bertz CT molecular complexity index is 768. The Hall–Kier alpha value is -2.17. The topological polar surface area (TPSA) is 46.5 Å². The number of benzene rings is 2. The van der Waals surface area contributed by atoms with Gasteiger partial charge in [0.2, 0.25) is 0 Å². The van der Waals surface area contributed by atoms with Crippen LogP contribution in [0.2, 0.25) is 13.1 Å². The van der Waals surface area contributed by atoms with Gasteiger partial charge in [0.05, 0.1) is 12.5 Å². The lowest BCUT2D eigenvalue weighted by Crippen LogP contribution is -2.53. The Morgan fingerprint density at radius 3 is 2.48 bits per heavy atom. The van der Waals surface area contributed by atoms with E-state index in [2.05, 4.69) is 55.6 Å². The van der Waals surface area contributed by atoms with E-state index in [0.717, 1.165) is 5.56 Å². The monoisotopic (exact) mass is 352 g/mol. The molecule has 2 atom stereocenters. The quantitative estimate of drug-likeness (QED) is 0.680. The van der Waals surface area contributed by atoms with E-state index in [4.69, 9.17) is 4.74 Å². The van der Waals surface area contributed by atoms with Gasteiger partial charge in [0.1, 0.15) is 14.2 Å². The van der Waals surface area contributed by atoms with Gasteiger partial charge in [-0.05, 0) is 16.8 Å². The van der Waals surface area contributed by atoms with Gasteiger partial charge >= 0.3 is 5.97 Å². The predicted octanol–water partition coefficient (Wildman–Crippen LogP) is 2.59. The van der Waals surface area contributed by atoms with Crippen LogP contribution in [-0.2, 0) is 9.53 Å². The van der Waals surface area contributed by atoms with Crippen molar-refractivity contribution in [2.75, 3.05) is 0 Å². The molecular formula is C21H24O3Si. The summed E-state index contributed by atoms with van der Waals surface area (Å²) in [5.41, 5.74) is 1.15. The van der Waals surface area contributed by atoms with Crippen LogP contribution in [0.5, 0.6) is 0 Å². The largest absolute Gasteiger partial charge is 0.458 e. The first kappa shape index (κ1) is 17.6. The third kappa shape index (κ3) is 4.09. The van der Waals surface area contributed by atoms with Gasteiger partial charge in [-0.1, -0.05) is 79.0 Å². The van der Waals surface area contributed by atoms with Gasteiger partial charge in [0.15, 0.2) is 0 Å². The van der Waals surface area contributed by atoms with Crippen LogP contribution in [0.25, 0.3) is 6.08 Å². The molecule has 3 rings (SSSR count). The van der Waals surface area contributed by atoms with Crippen molar-refractivity contribution in [2.45, 2.75) is 38.1 Å². The number of aliphatic hydroxyl groups excluding tert-OH is 1. The summed E-state index contributed by atoms with van der Waals surface area (Å²) in [5.74, 6) is -0.333. The van der Waals surface area contributed by atoms with E-state index in [0.29, 0.717) is 6.42 Å². The summed E-state index contributed by atoms with van der Waals surface area (Å²) in [4.78, 5) is 11.5. The maximum atomic E-state index is 11.5. The molecule has 3 nitrogen and oxygen atoms in total. The molecule has 2 unspecified atom stereocenters. The van der Waals surface area contributed by atoms with Crippen LogP contribution in [0, 0.1) is 0 Å². The summed E-state index contributed by atoms with van der Waals surface area (Å²) < 4.78 is 5.31. The first-order valence-corrected chi connectivity index (χ1v) is 11.7. The average Bonchev–Trinajstić information content (AvgIpc) is 2.60. The smallest absolute Gasteiger partial charge is 0.309 e. The van der Waals surface area contributed by atoms with Crippen LogP contribution in [0.4, 0.5) is 0 Å². The zero-order valence-corrected chi connectivity index (χ0v) is 15.7. The average molecular weight is 353 g/mol. The van der Waals surface area contributed by atoms with Gasteiger partial charge in [0, 0.05) is 6.42 Å². The van der Waals surface area contributed by atoms with Gasteiger partial charge in [-0.25, -0.2) is 0 Å². The third-order valence-electron chi connectivity index (χ3n) is 4.81. The fourth-order valence-electron chi connectivity index (χ4n) is 3.36. The molecule has 4 heteroatoms. The molecule has 25 heavy (non-hydrogen) atoms. The first-order valence-electron chi connectivity index (χ1n) is 8.67.